The summed E-state index contributed by atoms with van der Waals surface area (Å²) < 4.78 is 14.3. The molecule has 4 heteroatoms. The van der Waals surface area contributed by atoms with Crippen molar-refractivity contribution in [2.45, 2.75) is 13.3 Å². The van der Waals surface area contributed by atoms with Crippen molar-refractivity contribution in [1.82, 2.24) is 0 Å². The predicted octanol–water partition coefficient (Wildman–Crippen LogP) is 5.11. The Balaban J connectivity index is 2.18. The molecular formula is C15H12BrFOS. The van der Waals surface area contributed by atoms with Gasteiger partial charge in [-0.2, -0.15) is 0 Å². The minimum atomic E-state index is -0.340. The van der Waals surface area contributed by atoms with Crippen molar-refractivity contribution in [2.75, 3.05) is 0 Å². The largest absolute Gasteiger partial charge is 0.288 e. The lowest BCUT2D eigenvalue weighted by molar-refractivity contribution is 0.105. The zero-order valence-corrected chi connectivity index (χ0v) is 12.7. The fourth-order valence-electron chi connectivity index (χ4n) is 1.59. The van der Waals surface area contributed by atoms with Crippen molar-refractivity contribution in [1.29, 1.82) is 0 Å². The SMILES string of the molecule is CCc1ccc(C(=O)/C=C/c2cc(Br)ccc2F)s1. The number of rotatable bonds is 4. The molecule has 1 aromatic heterocycles. The highest BCUT2D eigenvalue weighted by Crippen LogP contribution is 2.20. The average Bonchev–Trinajstić information content (AvgIpc) is 2.88. The third-order valence-corrected chi connectivity index (χ3v) is 4.36. The summed E-state index contributed by atoms with van der Waals surface area (Å²) in [7, 11) is 0. The summed E-state index contributed by atoms with van der Waals surface area (Å²) in [5.74, 6) is -0.434. The molecule has 0 radical (unpaired) electrons. The van der Waals surface area contributed by atoms with Crippen LogP contribution in [0.2, 0.25) is 0 Å². The van der Waals surface area contributed by atoms with Crippen LogP contribution in [0.4, 0.5) is 4.39 Å². The second kappa shape index (κ2) is 6.26. The summed E-state index contributed by atoms with van der Waals surface area (Å²) in [6.45, 7) is 2.05. The third kappa shape index (κ3) is 3.61. The van der Waals surface area contributed by atoms with Crippen molar-refractivity contribution in [3.8, 4) is 0 Å². The summed E-state index contributed by atoms with van der Waals surface area (Å²) in [5.41, 5.74) is 0.398. The summed E-state index contributed by atoms with van der Waals surface area (Å²) in [6.07, 6.45) is 3.84. The number of aryl methyl sites for hydroxylation is 1. The van der Waals surface area contributed by atoms with Crippen LogP contribution in [0.15, 0.2) is 40.9 Å². The monoisotopic (exact) mass is 338 g/mol. The zero-order chi connectivity index (χ0) is 13.8. The molecule has 0 saturated heterocycles. The Morgan fingerprint density at radius 3 is 2.84 bits per heavy atom. The van der Waals surface area contributed by atoms with Gasteiger partial charge in [0.15, 0.2) is 5.78 Å². The maximum Gasteiger partial charge on any atom is 0.195 e. The molecule has 0 bridgehead atoms. The number of ketones is 1. The van der Waals surface area contributed by atoms with E-state index in [0.717, 1.165) is 10.9 Å². The molecule has 19 heavy (non-hydrogen) atoms. The van der Waals surface area contributed by atoms with Crippen LogP contribution in [-0.4, -0.2) is 5.78 Å². The second-order valence-corrected chi connectivity index (χ2v) is 6.07. The highest BCUT2D eigenvalue weighted by molar-refractivity contribution is 9.10. The Morgan fingerprint density at radius 2 is 2.16 bits per heavy atom. The van der Waals surface area contributed by atoms with Gasteiger partial charge in [0, 0.05) is 14.9 Å². The molecule has 1 heterocycles. The van der Waals surface area contributed by atoms with Crippen LogP contribution < -0.4 is 0 Å². The Bertz CT molecular complexity index is 631. The number of carbonyl (C=O) groups is 1. The van der Waals surface area contributed by atoms with E-state index in [2.05, 4.69) is 15.9 Å². The highest BCUT2D eigenvalue weighted by atomic mass is 79.9. The first-order chi connectivity index (χ1) is 9.10. The van der Waals surface area contributed by atoms with Gasteiger partial charge < -0.3 is 0 Å². The molecule has 0 saturated carbocycles. The van der Waals surface area contributed by atoms with Gasteiger partial charge in [0.25, 0.3) is 0 Å². The maximum atomic E-state index is 13.5. The minimum absolute atomic E-state index is 0.0934. The molecule has 2 rings (SSSR count). The van der Waals surface area contributed by atoms with E-state index in [1.54, 1.807) is 12.1 Å². The van der Waals surface area contributed by atoms with Crippen LogP contribution in [0.5, 0.6) is 0 Å². The van der Waals surface area contributed by atoms with Gasteiger partial charge >= 0.3 is 0 Å². The van der Waals surface area contributed by atoms with Gasteiger partial charge in [0.05, 0.1) is 4.88 Å². The van der Waals surface area contributed by atoms with Gasteiger partial charge in [-0.1, -0.05) is 22.9 Å². The van der Waals surface area contributed by atoms with Crippen LogP contribution in [0.25, 0.3) is 6.08 Å². The molecule has 0 amide bonds. The van der Waals surface area contributed by atoms with Crippen LogP contribution in [0, 0.1) is 5.82 Å². The topological polar surface area (TPSA) is 17.1 Å². The molecule has 0 fully saturated rings. The maximum absolute atomic E-state index is 13.5. The average molecular weight is 339 g/mol. The quantitative estimate of drug-likeness (QED) is 0.559. The molecule has 2 aromatic rings. The lowest BCUT2D eigenvalue weighted by atomic mass is 10.2. The van der Waals surface area contributed by atoms with Crippen molar-refractivity contribution in [3.63, 3.8) is 0 Å². The second-order valence-electron chi connectivity index (χ2n) is 3.98. The molecule has 0 aliphatic rings. The van der Waals surface area contributed by atoms with Gasteiger partial charge in [-0.3, -0.25) is 4.79 Å². The van der Waals surface area contributed by atoms with E-state index in [0.29, 0.717) is 10.4 Å². The van der Waals surface area contributed by atoms with E-state index in [9.17, 15) is 9.18 Å². The molecule has 1 nitrogen and oxygen atoms in total. The summed E-state index contributed by atoms with van der Waals surface area (Å²) in [4.78, 5) is 13.8. The molecule has 0 atom stereocenters. The molecule has 0 aliphatic carbocycles. The molecule has 0 unspecified atom stereocenters. The normalized spacial score (nSPS) is 11.1. The number of hydrogen-bond donors (Lipinski definition) is 0. The Hall–Kier alpha value is -1.26. The van der Waals surface area contributed by atoms with Crippen LogP contribution >= 0.6 is 27.3 Å². The number of halogens is 2. The summed E-state index contributed by atoms with van der Waals surface area (Å²) in [6, 6.07) is 8.40. The molecule has 0 spiro atoms. The van der Waals surface area contributed by atoms with E-state index in [4.69, 9.17) is 0 Å². The van der Waals surface area contributed by atoms with Gasteiger partial charge in [-0.15, -0.1) is 11.3 Å². The summed E-state index contributed by atoms with van der Waals surface area (Å²) in [5, 5.41) is 0. The van der Waals surface area contributed by atoms with E-state index >= 15 is 0 Å². The van der Waals surface area contributed by atoms with Gasteiger partial charge in [-0.05, 0) is 48.9 Å². The smallest absolute Gasteiger partial charge is 0.195 e. The van der Waals surface area contributed by atoms with Crippen LogP contribution in [-0.2, 0) is 6.42 Å². The number of benzene rings is 1. The van der Waals surface area contributed by atoms with E-state index in [-0.39, 0.29) is 11.6 Å². The van der Waals surface area contributed by atoms with Gasteiger partial charge in [-0.25, -0.2) is 4.39 Å². The van der Waals surface area contributed by atoms with Crippen molar-refractivity contribution in [3.05, 3.63) is 62.0 Å². The van der Waals surface area contributed by atoms with E-state index < -0.39 is 0 Å². The van der Waals surface area contributed by atoms with Crippen molar-refractivity contribution >= 4 is 39.1 Å². The fraction of sp³-hybridized carbons (Fsp3) is 0.133. The van der Waals surface area contributed by atoms with Crippen molar-refractivity contribution < 1.29 is 9.18 Å². The number of thiophene rings is 1. The Morgan fingerprint density at radius 1 is 1.37 bits per heavy atom. The van der Waals surface area contributed by atoms with Gasteiger partial charge in [0.1, 0.15) is 5.82 Å². The summed E-state index contributed by atoms with van der Waals surface area (Å²) >= 11 is 4.76. The number of allylic oxidation sites excluding steroid dienone is 1. The third-order valence-electron chi connectivity index (χ3n) is 2.63. The van der Waals surface area contributed by atoms with E-state index in [1.807, 2.05) is 19.1 Å². The van der Waals surface area contributed by atoms with E-state index in [1.165, 1.54) is 34.4 Å². The van der Waals surface area contributed by atoms with Crippen LogP contribution in [0.1, 0.15) is 27.0 Å². The predicted molar refractivity (Wildman–Crippen MR) is 81.2 cm³/mol. The number of hydrogen-bond acceptors (Lipinski definition) is 2. The fourth-order valence-corrected chi connectivity index (χ4v) is 2.84. The Labute approximate surface area is 123 Å². The minimum Gasteiger partial charge on any atom is -0.288 e. The Kier molecular flexibility index (Phi) is 4.66. The molecular weight excluding hydrogens is 327 g/mol. The molecule has 0 aliphatic heterocycles. The lowest BCUT2D eigenvalue weighted by Crippen LogP contribution is -1.90. The van der Waals surface area contributed by atoms with Crippen LogP contribution in [0.3, 0.4) is 0 Å². The first-order valence-electron chi connectivity index (χ1n) is 5.86. The van der Waals surface area contributed by atoms with Gasteiger partial charge in [0.2, 0.25) is 0 Å². The molecule has 1 aromatic carbocycles. The highest BCUT2D eigenvalue weighted by Gasteiger charge is 2.06. The first kappa shape index (κ1) is 14.2. The zero-order valence-electron chi connectivity index (χ0n) is 10.3. The standard InChI is InChI=1S/C15H12BrFOS/c1-2-12-5-8-15(19-12)14(18)7-3-10-9-11(16)4-6-13(10)17/h3-9H,2H2,1H3/b7-3+. The molecule has 0 N–H and O–H groups in total. The number of carbonyl (C=O) groups excluding carboxylic acids is 1. The lowest BCUT2D eigenvalue weighted by Gasteiger charge is -1.97. The first-order valence-corrected chi connectivity index (χ1v) is 7.47. The molecule has 98 valence electrons. The van der Waals surface area contributed by atoms with Crippen molar-refractivity contribution in [2.24, 2.45) is 0 Å².